The maximum Gasteiger partial charge on any atom is 0.340 e. The molecule has 1 aromatic rings. The molecule has 1 rings (SSSR count). The zero-order valence-electron chi connectivity index (χ0n) is 8.63. The average Bonchev–Trinajstić information content (AvgIpc) is 2.22. The molecular weight excluding hydrogens is 197 g/mol. The van der Waals surface area contributed by atoms with E-state index in [0.29, 0.717) is 11.3 Å². The molecule has 0 heterocycles. The van der Waals surface area contributed by atoms with Gasteiger partial charge in [-0.05, 0) is 18.6 Å². The van der Waals surface area contributed by atoms with Crippen LogP contribution in [0.15, 0.2) is 18.2 Å². The van der Waals surface area contributed by atoms with Gasteiger partial charge in [0, 0.05) is 12.1 Å². The van der Waals surface area contributed by atoms with Crippen LogP contribution in [0.1, 0.15) is 22.3 Å². The Morgan fingerprint density at radius 2 is 2.27 bits per heavy atom. The molecule has 1 aromatic carbocycles. The molecule has 0 spiro atoms. The van der Waals surface area contributed by atoms with Crippen molar-refractivity contribution in [2.75, 3.05) is 19.0 Å². The Morgan fingerprint density at radius 1 is 1.53 bits per heavy atom. The molecule has 0 atom stereocenters. The first-order chi connectivity index (χ1) is 7.16. The van der Waals surface area contributed by atoms with Crippen LogP contribution in [0.5, 0.6) is 0 Å². The summed E-state index contributed by atoms with van der Waals surface area (Å²) in [6.45, 7) is 1.41. The summed E-state index contributed by atoms with van der Waals surface area (Å²) in [6, 6.07) is 5.14. The zero-order chi connectivity index (χ0) is 11.3. The summed E-state index contributed by atoms with van der Waals surface area (Å²) in [4.78, 5) is 11.5. The van der Waals surface area contributed by atoms with Crippen LogP contribution < -0.4 is 5.73 Å². The van der Waals surface area contributed by atoms with Gasteiger partial charge in [0.1, 0.15) is 0 Å². The van der Waals surface area contributed by atoms with E-state index in [0.717, 1.165) is 5.56 Å². The van der Waals surface area contributed by atoms with E-state index >= 15 is 0 Å². The van der Waals surface area contributed by atoms with Crippen molar-refractivity contribution < 1.29 is 13.9 Å². The molecule has 4 heteroatoms. The SMILES string of the molecule is Cc1cccc(C(=O)OCCCF)c1N. The lowest BCUT2D eigenvalue weighted by Gasteiger charge is -2.07. The van der Waals surface area contributed by atoms with Gasteiger partial charge in [-0.3, -0.25) is 4.39 Å². The molecule has 0 bridgehead atoms. The third-order valence-electron chi connectivity index (χ3n) is 2.06. The highest BCUT2D eigenvalue weighted by atomic mass is 19.1. The molecule has 0 saturated carbocycles. The zero-order valence-corrected chi connectivity index (χ0v) is 8.63. The van der Waals surface area contributed by atoms with Crippen molar-refractivity contribution in [3.8, 4) is 0 Å². The second-order valence-corrected chi connectivity index (χ2v) is 3.21. The number of anilines is 1. The number of aryl methyl sites for hydroxylation is 1. The maximum absolute atomic E-state index is 11.8. The van der Waals surface area contributed by atoms with Crippen molar-refractivity contribution in [2.45, 2.75) is 13.3 Å². The lowest BCUT2D eigenvalue weighted by molar-refractivity contribution is 0.0495. The monoisotopic (exact) mass is 211 g/mol. The smallest absolute Gasteiger partial charge is 0.340 e. The summed E-state index contributed by atoms with van der Waals surface area (Å²) in [5, 5.41) is 0. The number of hydrogen-bond acceptors (Lipinski definition) is 3. The molecule has 0 unspecified atom stereocenters. The van der Waals surface area contributed by atoms with Crippen LogP contribution in [-0.4, -0.2) is 19.3 Å². The highest BCUT2D eigenvalue weighted by Crippen LogP contribution is 2.17. The number of rotatable bonds is 4. The Kier molecular flexibility index (Phi) is 4.09. The van der Waals surface area contributed by atoms with Crippen LogP contribution in [0.3, 0.4) is 0 Å². The van der Waals surface area contributed by atoms with E-state index in [-0.39, 0.29) is 13.0 Å². The van der Waals surface area contributed by atoms with Crippen LogP contribution in [0.4, 0.5) is 10.1 Å². The predicted molar refractivity (Wildman–Crippen MR) is 56.5 cm³/mol. The Balaban J connectivity index is 2.69. The highest BCUT2D eigenvalue weighted by Gasteiger charge is 2.11. The summed E-state index contributed by atoms with van der Waals surface area (Å²) >= 11 is 0. The van der Waals surface area contributed by atoms with Crippen molar-refractivity contribution in [3.05, 3.63) is 29.3 Å². The van der Waals surface area contributed by atoms with Gasteiger partial charge in [-0.15, -0.1) is 0 Å². The topological polar surface area (TPSA) is 52.3 Å². The van der Waals surface area contributed by atoms with Crippen molar-refractivity contribution in [1.82, 2.24) is 0 Å². The minimum absolute atomic E-state index is 0.0860. The number of para-hydroxylation sites is 1. The molecule has 0 saturated heterocycles. The van der Waals surface area contributed by atoms with Crippen LogP contribution in [-0.2, 0) is 4.74 Å². The maximum atomic E-state index is 11.8. The van der Waals surface area contributed by atoms with Crippen LogP contribution in [0, 0.1) is 6.92 Å². The Labute approximate surface area is 88.0 Å². The van der Waals surface area contributed by atoms with Gasteiger partial charge in [-0.2, -0.15) is 0 Å². The fourth-order valence-corrected chi connectivity index (χ4v) is 1.16. The lowest BCUT2D eigenvalue weighted by atomic mass is 10.1. The minimum Gasteiger partial charge on any atom is -0.462 e. The second-order valence-electron chi connectivity index (χ2n) is 3.21. The number of carbonyl (C=O) groups is 1. The number of nitrogens with two attached hydrogens (primary N) is 1. The number of carbonyl (C=O) groups excluding carboxylic acids is 1. The van der Waals surface area contributed by atoms with Gasteiger partial charge >= 0.3 is 5.97 Å². The number of hydrogen-bond donors (Lipinski definition) is 1. The Hall–Kier alpha value is -1.58. The quantitative estimate of drug-likeness (QED) is 0.471. The van der Waals surface area contributed by atoms with E-state index < -0.39 is 12.6 Å². The van der Waals surface area contributed by atoms with Gasteiger partial charge in [0.2, 0.25) is 0 Å². The number of benzene rings is 1. The normalized spacial score (nSPS) is 10.0. The number of ether oxygens (including phenoxy) is 1. The average molecular weight is 211 g/mol. The van der Waals surface area contributed by atoms with Gasteiger partial charge in [-0.1, -0.05) is 12.1 Å². The minimum atomic E-state index is -0.496. The molecule has 82 valence electrons. The molecule has 0 aromatic heterocycles. The van der Waals surface area contributed by atoms with Gasteiger partial charge < -0.3 is 10.5 Å². The first-order valence-corrected chi connectivity index (χ1v) is 4.75. The summed E-state index contributed by atoms with van der Waals surface area (Å²) in [5.74, 6) is -0.496. The van der Waals surface area contributed by atoms with E-state index in [4.69, 9.17) is 10.5 Å². The van der Waals surface area contributed by atoms with E-state index in [2.05, 4.69) is 0 Å². The van der Waals surface area contributed by atoms with Crippen molar-refractivity contribution in [1.29, 1.82) is 0 Å². The van der Waals surface area contributed by atoms with Crippen molar-refractivity contribution >= 4 is 11.7 Å². The van der Waals surface area contributed by atoms with E-state index in [1.54, 1.807) is 12.1 Å². The number of halogens is 1. The molecule has 0 amide bonds. The summed E-state index contributed by atoms with van der Waals surface area (Å²) in [7, 11) is 0. The third kappa shape index (κ3) is 2.94. The summed E-state index contributed by atoms with van der Waals surface area (Å²) < 4.78 is 16.6. The van der Waals surface area contributed by atoms with Crippen molar-refractivity contribution in [2.24, 2.45) is 0 Å². The predicted octanol–water partition coefficient (Wildman–Crippen LogP) is 2.09. The number of esters is 1. The molecule has 0 aliphatic heterocycles. The fourth-order valence-electron chi connectivity index (χ4n) is 1.16. The summed E-state index contributed by atoms with van der Waals surface area (Å²) in [5.41, 5.74) is 7.30. The van der Waals surface area contributed by atoms with Crippen LogP contribution in [0.25, 0.3) is 0 Å². The molecule has 2 N–H and O–H groups in total. The first-order valence-electron chi connectivity index (χ1n) is 4.75. The van der Waals surface area contributed by atoms with E-state index in [1.807, 2.05) is 13.0 Å². The molecule has 0 fully saturated rings. The Morgan fingerprint density at radius 3 is 2.93 bits per heavy atom. The molecule has 3 nitrogen and oxygen atoms in total. The third-order valence-corrected chi connectivity index (χ3v) is 2.06. The number of nitrogen functional groups attached to an aromatic ring is 1. The largest absolute Gasteiger partial charge is 0.462 e. The lowest BCUT2D eigenvalue weighted by Crippen LogP contribution is -2.10. The van der Waals surface area contributed by atoms with Gasteiger partial charge in [-0.25, -0.2) is 4.79 Å². The first kappa shape index (κ1) is 11.5. The second kappa shape index (κ2) is 5.34. The van der Waals surface area contributed by atoms with E-state index in [1.165, 1.54) is 0 Å². The van der Waals surface area contributed by atoms with Crippen LogP contribution in [0.2, 0.25) is 0 Å². The molecule has 15 heavy (non-hydrogen) atoms. The molecular formula is C11H14FNO2. The Bertz CT molecular complexity index is 352. The van der Waals surface area contributed by atoms with Gasteiger partial charge in [0.05, 0.1) is 18.8 Å². The van der Waals surface area contributed by atoms with Crippen molar-refractivity contribution in [3.63, 3.8) is 0 Å². The number of alkyl halides is 1. The van der Waals surface area contributed by atoms with Gasteiger partial charge in [0.15, 0.2) is 0 Å². The standard InChI is InChI=1S/C11H14FNO2/c1-8-4-2-5-9(10(8)13)11(14)15-7-3-6-12/h2,4-5H,3,6-7,13H2,1H3. The van der Waals surface area contributed by atoms with Gasteiger partial charge in [0.25, 0.3) is 0 Å². The fraction of sp³-hybridized carbons (Fsp3) is 0.364. The summed E-state index contributed by atoms with van der Waals surface area (Å²) in [6.07, 6.45) is 0.220. The molecule has 0 aliphatic carbocycles. The highest BCUT2D eigenvalue weighted by molar-refractivity contribution is 5.95. The molecule has 0 radical (unpaired) electrons. The molecule has 0 aliphatic rings. The van der Waals surface area contributed by atoms with Crippen LogP contribution >= 0.6 is 0 Å². The van der Waals surface area contributed by atoms with E-state index in [9.17, 15) is 9.18 Å².